The average molecular weight is 196 g/mol. The van der Waals surface area contributed by atoms with E-state index in [0.717, 1.165) is 0 Å². The van der Waals surface area contributed by atoms with E-state index in [-0.39, 0.29) is 0 Å². The Bertz CT molecular complexity index is 494. The van der Waals surface area contributed by atoms with Crippen LogP contribution in [0.15, 0.2) is 54.3 Å². The molecule has 1 heterocycles. The van der Waals surface area contributed by atoms with Gasteiger partial charge in [0.25, 0.3) is 0 Å². The Balaban J connectivity index is 2.52. The quantitative estimate of drug-likeness (QED) is 0.462. The molecule has 0 spiro atoms. The third-order valence-corrected chi connectivity index (χ3v) is 3.46. The minimum absolute atomic E-state index is 1.31. The molecule has 0 amide bonds. The highest BCUT2D eigenvalue weighted by molar-refractivity contribution is 7.36. The van der Waals surface area contributed by atoms with Crippen molar-refractivity contribution in [1.82, 2.24) is 0 Å². The summed E-state index contributed by atoms with van der Waals surface area (Å²) in [4.78, 5) is 0. The smallest absolute Gasteiger partial charge is 0.00966 e. The summed E-state index contributed by atoms with van der Waals surface area (Å²) in [5.41, 5.74) is 0. The van der Waals surface area contributed by atoms with Gasteiger partial charge < -0.3 is 0 Å². The summed E-state index contributed by atoms with van der Waals surface area (Å²) in [7, 11) is 1.31. The van der Waals surface area contributed by atoms with Crippen LogP contribution < -0.4 is 0 Å². The van der Waals surface area contributed by atoms with Gasteiger partial charge >= 0.3 is 0 Å². The van der Waals surface area contributed by atoms with E-state index >= 15 is 0 Å². The van der Waals surface area contributed by atoms with Crippen molar-refractivity contribution in [2.24, 2.45) is 0 Å². The van der Waals surface area contributed by atoms with Gasteiger partial charge in [0.05, 0.1) is 0 Å². The molecule has 0 nitrogen and oxygen atoms in total. The molecule has 66 valence electrons. The maximum absolute atomic E-state index is 2.28. The summed E-state index contributed by atoms with van der Waals surface area (Å²) < 4.78 is 0. The van der Waals surface area contributed by atoms with E-state index in [2.05, 4.69) is 54.3 Å². The Labute approximate surface area is 84.3 Å². The highest BCUT2D eigenvalue weighted by Crippen LogP contribution is 2.27. The van der Waals surface area contributed by atoms with Crippen molar-refractivity contribution in [2.75, 3.05) is 0 Å². The Morgan fingerprint density at radius 2 is 1.43 bits per heavy atom. The molecule has 0 saturated carbocycles. The molecule has 1 heteroatoms. The molecule has 0 N–H and O–H groups in total. The summed E-state index contributed by atoms with van der Waals surface area (Å²) in [6.45, 7) is 0. The van der Waals surface area contributed by atoms with E-state index < -0.39 is 0 Å². The first-order valence-electron chi connectivity index (χ1n) is 4.67. The zero-order valence-corrected chi connectivity index (χ0v) is 8.54. The summed E-state index contributed by atoms with van der Waals surface area (Å²) >= 11 is 0. The first-order valence-corrected chi connectivity index (χ1v) is 5.63. The lowest BCUT2D eigenvalue weighted by molar-refractivity contribution is 1.81. The van der Waals surface area contributed by atoms with Crippen LogP contribution in [0.4, 0.5) is 0 Å². The van der Waals surface area contributed by atoms with Gasteiger partial charge in [0.2, 0.25) is 0 Å². The fraction of sp³-hybridized carbons (Fsp3) is 0. The first kappa shape index (κ1) is 7.96. The summed E-state index contributed by atoms with van der Waals surface area (Å²) in [5.74, 6) is 2.18. The molecule has 0 saturated heterocycles. The fourth-order valence-electron chi connectivity index (χ4n) is 1.76. The number of hydrogen-bond donors (Lipinski definition) is 0. The molecule has 3 aromatic rings. The number of rotatable bonds is 0. The summed E-state index contributed by atoms with van der Waals surface area (Å²) in [6, 6.07) is 17.4. The number of benzene rings is 2. The Morgan fingerprint density at radius 1 is 0.714 bits per heavy atom. The molecule has 0 bridgehead atoms. The maximum Gasteiger partial charge on any atom is 0.00966 e. The lowest BCUT2D eigenvalue weighted by Gasteiger charge is -2.00. The van der Waals surface area contributed by atoms with E-state index in [1.54, 1.807) is 0 Å². The van der Waals surface area contributed by atoms with Crippen molar-refractivity contribution in [3.8, 4) is 0 Å². The van der Waals surface area contributed by atoms with E-state index in [1.807, 2.05) is 0 Å². The second-order valence-electron chi connectivity index (χ2n) is 3.40. The van der Waals surface area contributed by atoms with Crippen LogP contribution in [0.2, 0.25) is 0 Å². The summed E-state index contributed by atoms with van der Waals surface area (Å²) in [5, 5.41) is 5.43. The zero-order valence-electron chi connectivity index (χ0n) is 7.64. The standard InChI is InChI=1S/C13H9P/c1-2-5-11-9-13-12(6-3-7-14-13)8-10(11)4-1/h1-9H. The molecule has 0 aliphatic carbocycles. The average Bonchev–Trinajstić information content (AvgIpc) is 2.26. The molecule has 0 aliphatic rings. The van der Waals surface area contributed by atoms with Crippen molar-refractivity contribution in [3.63, 3.8) is 0 Å². The van der Waals surface area contributed by atoms with Gasteiger partial charge in [0.15, 0.2) is 0 Å². The molecule has 14 heavy (non-hydrogen) atoms. The molecule has 3 rings (SSSR count). The third kappa shape index (κ3) is 1.20. The van der Waals surface area contributed by atoms with E-state index in [0.29, 0.717) is 0 Å². The van der Waals surface area contributed by atoms with E-state index in [9.17, 15) is 0 Å². The van der Waals surface area contributed by atoms with Crippen molar-refractivity contribution < 1.29 is 0 Å². The third-order valence-electron chi connectivity index (χ3n) is 2.47. The second-order valence-corrected chi connectivity index (χ2v) is 4.43. The normalized spacial score (nSPS) is 11.4. The van der Waals surface area contributed by atoms with Crippen molar-refractivity contribution >= 4 is 29.5 Å². The minimum atomic E-state index is 1.31. The highest BCUT2D eigenvalue weighted by atomic mass is 31.0. The van der Waals surface area contributed by atoms with E-state index in [1.165, 1.54) is 29.5 Å². The second kappa shape index (κ2) is 3.08. The molecule has 0 atom stereocenters. The van der Waals surface area contributed by atoms with Gasteiger partial charge in [-0.05, 0) is 34.1 Å². The lowest BCUT2D eigenvalue weighted by Crippen LogP contribution is -1.72. The van der Waals surface area contributed by atoms with Crippen LogP contribution in [0.3, 0.4) is 0 Å². The minimum Gasteiger partial charge on any atom is -0.0678 e. The lowest BCUT2D eigenvalue weighted by atomic mass is 10.1. The Morgan fingerprint density at radius 3 is 2.29 bits per heavy atom. The monoisotopic (exact) mass is 196 g/mol. The largest absolute Gasteiger partial charge is 0.0678 e. The molecule has 0 radical (unpaired) electrons. The SMILES string of the molecule is c1ccc2cc3pcccc3cc2c1. The highest BCUT2D eigenvalue weighted by Gasteiger charge is 1.95. The number of hydrogen-bond acceptors (Lipinski definition) is 0. The first-order chi connectivity index (χ1) is 6.93. The maximum atomic E-state index is 2.28. The van der Waals surface area contributed by atoms with Crippen LogP contribution in [-0.2, 0) is 0 Å². The van der Waals surface area contributed by atoms with Gasteiger partial charge in [0.1, 0.15) is 0 Å². The summed E-state index contributed by atoms with van der Waals surface area (Å²) in [6.07, 6.45) is 0. The van der Waals surface area contributed by atoms with Gasteiger partial charge in [-0.25, -0.2) is 0 Å². The van der Waals surface area contributed by atoms with Gasteiger partial charge in [-0.15, -0.1) is 0 Å². The van der Waals surface area contributed by atoms with Crippen LogP contribution in [0.1, 0.15) is 0 Å². The van der Waals surface area contributed by atoms with E-state index in [4.69, 9.17) is 0 Å². The predicted molar refractivity (Wildman–Crippen MR) is 64.0 cm³/mol. The molecule has 2 aromatic carbocycles. The van der Waals surface area contributed by atoms with Crippen molar-refractivity contribution in [2.45, 2.75) is 0 Å². The Kier molecular flexibility index (Phi) is 1.75. The molecule has 0 unspecified atom stereocenters. The van der Waals surface area contributed by atoms with Crippen LogP contribution in [0.5, 0.6) is 0 Å². The van der Waals surface area contributed by atoms with Crippen LogP contribution in [-0.4, -0.2) is 0 Å². The molecule has 1 aromatic heterocycles. The van der Waals surface area contributed by atoms with Crippen LogP contribution in [0.25, 0.3) is 21.3 Å². The molecule has 0 aliphatic heterocycles. The fourth-order valence-corrected chi connectivity index (χ4v) is 2.60. The zero-order chi connectivity index (χ0) is 9.38. The van der Waals surface area contributed by atoms with Gasteiger partial charge in [0, 0.05) is 5.12 Å². The topological polar surface area (TPSA) is 0 Å². The molecular weight excluding hydrogens is 187 g/mol. The van der Waals surface area contributed by atoms with Gasteiger partial charge in [-0.2, -0.15) is 0 Å². The van der Waals surface area contributed by atoms with Crippen molar-refractivity contribution in [1.29, 1.82) is 0 Å². The van der Waals surface area contributed by atoms with Crippen LogP contribution in [0, 0.1) is 0 Å². The van der Waals surface area contributed by atoms with Crippen LogP contribution >= 0.6 is 8.19 Å². The van der Waals surface area contributed by atoms with Gasteiger partial charge in [-0.3, -0.25) is 0 Å². The van der Waals surface area contributed by atoms with Crippen molar-refractivity contribution in [3.05, 3.63) is 54.3 Å². The molecular formula is C13H9P. The van der Waals surface area contributed by atoms with Gasteiger partial charge in [-0.1, -0.05) is 44.6 Å². The number of fused-ring (bicyclic) bond motifs is 2. The molecule has 0 fully saturated rings. The Hall–Kier alpha value is -1.39. The predicted octanol–water partition coefficient (Wildman–Crippen LogP) is 4.57.